The molecule has 0 saturated heterocycles. The number of benzene rings is 1. The molecule has 0 fully saturated rings. The first-order valence-electron chi connectivity index (χ1n) is 5.67. The van der Waals surface area contributed by atoms with Gasteiger partial charge in [-0.15, -0.1) is 11.3 Å². The van der Waals surface area contributed by atoms with Crippen molar-refractivity contribution in [1.29, 1.82) is 0 Å². The molecular formula is C12H15N3O2S2. The van der Waals surface area contributed by atoms with Gasteiger partial charge in [0.1, 0.15) is 0 Å². The minimum absolute atomic E-state index is 0.0822. The number of anilines is 1. The summed E-state index contributed by atoms with van der Waals surface area (Å²) in [6.45, 7) is 2.10. The molecule has 1 aromatic heterocycles. The van der Waals surface area contributed by atoms with Gasteiger partial charge in [0.25, 0.3) is 0 Å². The molecule has 0 saturated carbocycles. The van der Waals surface area contributed by atoms with Gasteiger partial charge in [0, 0.05) is 11.1 Å². The predicted octanol–water partition coefficient (Wildman–Crippen LogP) is 1.65. The van der Waals surface area contributed by atoms with E-state index in [-0.39, 0.29) is 12.3 Å². The van der Waals surface area contributed by atoms with E-state index in [1.807, 2.05) is 12.3 Å². The first kappa shape index (κ1) is 14.0. The third-order valence-corrected chi connectivity index (χ3v) is 4.57. The Morgan fingerprint density at radius 1 is 1.42 bits per heavy atom. The number of thiazole rings is 1. The molecule has 0 spiro atoms. The molecule has 1 heterocycles. The molecule has 0 aliphatic heterocycles. The number of nitrogens with two attached hydrogens (primary N) is 1. The predicted molar refractivity (Wildman–Crippen MR) is 77.2 cm³/mol. The Bertz CT molecular complexity index is 665. The van der Waals surface area contributed by atoms with Crippen molar-refractivity contribution in [3.63, 3.8) is 0 Å². The Kier molecular flexibility index (Phi) is 4.18. The fourth-order valence-corrected chi connectivity index (χ4v) is 3.33. The zero-order valence-corrected chi connectivity index (χ0v) is 12.1. The third kappa shape index (κ3) is 4.30. The normalized spacial score (nSPS) is 11.6. The van der Waals surface area contributed by atoms with Crippen LogP contribution in [0.2, 0.25) is 0 Å². The van der Waals surface area contributed by atoms with E-state index in [1.165, 1.54) is 11.3 Å². The highest BCUT2D eigenvalue weighted by atomic mass is 32.2. The van der Waals surface area contributed by atoms with Crippen LogP contribution in [0.5, 0.6) is 0 Å². The summed E-state index contributed by atoms with van der Waals surface area (Å²) in [5.41, 5.74) is 7.58. The van der Waals surface area contributed by atoms with Crippen molar-refractivity contribution in [3.8, 4) is 0 Å². The highest BCUT2D eigenvalue weighted by Crippen LogP contribution is 2.11. The van der Waals surface area contributed by atoms with Crippen LogP contribution in [0.1, 0.15) is 16.3 Å². The van der Waals surface area contributed by atoms with Crippen molar-refractivity contribution in [1.82, 2.24) is 9.71 Å². The maximum atomic E-state index is 11.9. The molecule has 19 heavy (non-hydrogen) atoms. The van der Waals surface area contributed by atoms with E-state index in [9.17, 15) is 8.42 Å². The van der Waals surface area contributed by atoms with Crippen LogP contribution in [0.25, 0.3) is 0 Å². The summed E-state index contributed by atoms with van der Waals surface area (Å²) < 4.78 is 26.4. The molecule has 0 aliphatic carbocycles. The van der Waals surface area contributed by atoms with Gasteiger partial charge >= 0.3 is 0 Å². The van der Waals surface area contributed by atoms with Crippen molar-refractivity contribution in [2.24, 2.45) is 0 Å². The van der Waals surface area contributed by atoms with Crippen LogP contribution >= 0.6 is 11.3 Å². The number of hydrogen-bond donors (Lipinski definition) is 2. The van der Waals surface area contributed by atoms with E-state index in [4.69, 9.17) is 5.73 Å². The van der Waals surface area contributed by atoms with Crippen molar-refractivity contribution in [3.05, 3.63) is 45.9 Å². The molecule has 3 N–H and O–H groups in total. The smallest absolute Gasteiger partial charge is 0.216 e. The Morgan fingerprint density at radius 3 is 2.84 bits per heavy atom. The highest BCUT2D eigenvalue weighted by molar-refractivity contribution is 7.88. The number of nitrogens with one attached hydrogen (secondary N) is 1. The molecule has 0 unspecified atom stereocenters. The van der Waals surface area contributed by atoms with Crippen LogP contribution in [-0.4, -0.2) is 13.4 Å². The second-order valence-electron chi connectivity index (χ2n) is 4.18. The SMILES string of the molecule is Cc1nc(CNS(=O)(=O)Cc2cccc(N)c2)cs1. The third-order valence-electron chi connectivity index (χ3n) is 2.45. The minimum Gasteiger partial charge on any atom is -0.399 e. The van der Waals surface area contributed by atoms with Gasteiger partial charge in [-0.1, -0.05) is 12.1 Å². The zero-order valence-electron chi connectivity index (χ0n) is 10.5. The van der Waals surface area contributed by atoms with E-state index in [0.29, 0.717) is 11.3 Å². The van der Waals surface area contributed by atoms with Crippen LogP contribution in [0, 0.1) is 6.92 Å². The Balaban J connectivity index is 1.99. The molecule has 7 heteroatoms. The summed E-state index contributed by atoms with van der Waals surface area (Å²) in [7, 11) is -3.38. The lowest BCUT2D eigenvalue weighted by molar-refractivity contribution is 0.579. The first-order chi connectivity index (χ1) is 8.94. The van der Waals surface area contributed by atoms with Crippen LogP contribution in [0.3, 0.4) is 0 Å². The second-order valence-corrected chi connectivity index (χ2v) is 7.05. The van der Waals surface area contributed by atoms with Crippen molar-refractivity contribution in [2.45, 2.75) is 19.2 Å². The lowest BCUT2D eigenvalue weighted by atomic mass is 10.2. The average molecular weight is 297 g/mol. The fraction of sp³-hybridized carbons (Fsp3) is 0.250. The zero-order chi connectivity index (χ0) is 13.9. The summed E-state index contributed by atoms with van der Waals surface area (Å²) in [5, 5.41) is 2.77. The van der Waals surface area contributed by atoms with E-state index in [1.54, 1.807) is 24.3 Å². The number of nitrogens with zero attached hydrogens (tertiary/aromatic N) is 1. The maximum absolute atomic E-state index is 11.9. The molecule has 0 amide bonds. The molecule has 0 radical (unpaired) electrons. The maximum Gasteiger partial charge on any atom is 0.216 e. The minimum atomic E-state index is -3.38. The second kappa shape index (κ2) is 5.68. The van der Waals surface area contributed by atoms with E-state index >= 15 is 0 Å². The summed E-state index contributed by atoms with van der Waals surface area (Å²) >= 11 is 1.50. The van der Waals surface area contributed by atoms with Gasteiger partial charge in [-0.2, -0.15) is 0 Å². The van der Waals surface area contributed by atoms with Crippen LogP contribution < -0.4 is 10.5 Å². The van der Waals surface area contributed by atoms with Gasteiger partial charge in [-0.25, -0.2) is 18.1 Å². The summed E-state index contributed by atoms with van der Waals surface area (Å²) in [5.74, 6) is -0.0822. The molecule has 1 aromatic carbocycles. The van der Waals surface area contributed by atoms with E-state index in [2.05, 4.69) is 9.71 Å². The van der Waals surface area contributed by atoms with Crippen molar-refractivity contribution >= 4 is 27.0 Å². The van der Waals surface area contributed by atoms with Gasteiger partial charge < -0.3 is 5.73 Å². The van der Waals surface area contributed by atoms with Crippen molar-refractivity contribution < 1.29 is 8.42 Å². The van der Waals surface area contributed by atoms with Gasteiger partial charge in [-0.05, 0) is 24.6 Å². The van der Waals surface area contributed by atoms with Crippen molar-refractivity contribution in [2.75, 3.05) is 5.73 Å². The van der Waals surface area contributed by atoms with E-state index in [0.717, 1.165) is 10.7 Å². The topological polar surface area (TPSA) is 85.1 Å². The molecule has 102 valence electrons. The number of nitrogen functional groups attached to an aromatic ring is 1. The average Bonchev–Trinajstić information content (AvgIpc) is 2.72. The molecule has 0 atom stereocenters. The van der Waals surface area contributed by atoms with Gasteiger partial charge in [-0.3, -0.25) is 0 Å². The van der Waals surface area contributed by atoms with Gasteiger partial charge in [0.15, 0.2) is 0 Å². The van der Waals surface area contributed by atoms with E-state index < -0.39 is 10.0 Å². The Hall–Kier alpha value is -1.44. The number of rotatable bonds is 5. The Labute approximate surface area is 116 Å². The largest absolute Gasteiger partial charge is 0.399 e. The fourth-order valence-electron chi connectivity index (χ4n) is 1.63. The first-order valence-corrected chi connectivity index (χ1v) is 8.20. The quantitative estimate of drug-likeness (QED) is 0.822. The molecule has 2 rings (SSSR count). The Morgan fingerprint density at radius 2 is 2.21 bits per heavy atom. The monoisotopic (exact) mass is 297 g/mol. The lowest BCUT2D eigenvalue weighted by Crippen LogP contribution is -2.24. The molecule has 5 nitrogen and oxygen atoms in total. The molecular weight excluding hydrogens is 282 g/mol. The standard InChI is InChI=1S/C12H15N3O2S2/c1-9-15-12(7-18-9)6-14-19(16,17)8-10-3-2-4-11(13)5-10/h2-5,7,14H,6,8,13H2,1H3. The van der Waals surface area contributed by atoms with Gasteiger partial charge in [0.05, 0.1) is 23.0 Å². The number of sulfonamides is 1. The molecule has 2 aromatic rings. The summed E-state index contributed by atoms with van der Waals surface area (Å²) in [6.07, 6.45) is 0. The number of aryl methyl sites for hydroxylation is 1. The van der Waals surface area contributed by atoms with Crippen LogP contribution in [0.4, 0.5) is 5.69 Å². The van der Waals surface area contributed by atoms with Gasteiger partial charge in [0.2, 0.25) is 10.0 Å². The number of hydrogen-bond acceptors (Lipinski definition) is 5. The molecule has 0 aliphatic rings. The number of aromatic nitrogens is 1. The van der Waals surface area contributed by atoms with Crippen LogP contribution in [-0.2, 0) is 22.3 Å². The molecule has 0 bridgehead atoms. The summed E-state index contributed by atoms with van der Waals surface area (Å²) in [4.78, 5) is 4.21. The summed E-state index contributed by atoms with van der Waals surface area (Å²) in [6, 6.07) is 6.86. The lowest BCUT2D eigenvalue weighted by Gasteiger charge is -2.06. The highest BCUT2D eigenvalue weighted by Gasteiger charge is 2.12. The van der Waals surface area contributed by atoms with Crippen LogP contribution in [0.15, 0.2) is 29.6 Å².